The van der Waals surface area contributed by atoms with Crippen LogP contribution in [0.15, 0.2) is 59.5 Å². The van der Waals surface area contributed by atoms with Gasteiger partial charge in [-0.2, -0.15) is 0 Å². The number of hydrogen-bond acceptors (Lipinski definition) is 6. The predicted molar refractivity (Wildman–Crippen MR) is 165 cm³/mol. The van der Waals surface area contributed by atoms with E-state index in [0.717, 1.165) is 34.2 Å². The molecule has 0 atom stereocenters. The van der Waals surface area contributed by atoms with Crippen molar-refractivity contribution in [3.8, 4) is 11.5 Å². The highest BCUT2D eigenvalue weighted by Crippen LogP contribution is 2.34. The molecule has 3 amide bonds. The van der Waals surface area contributed by atoms with Crippen molar-refractivity contribution in [1.82, 2.24) is 4.90 Å². The Labute approximate surface area is 253 Å². The van der Waals surface area contributed by atoms with Crippen molar-refractivity contribution in [1.29, 1.82) is 0 Å². The van der Waals surface area contributed by atoms with Gasteiger partial charge in [0.2, 0.25) is 0 Å². The number of aryl methyl sites for hydroxylation is 2. The molecule has 1 fully saturated rings. The van der Waals surface area contributed by atoms with Crippen LogP contribution in [0.1, 0.15) is 42.0 Å². The minimum absolute atomic E-state index is 0.137. The number of hydrogen-bond donors (Lipinski definition) is 1. The zero-order valence-electron chi connectivity index (χ0n) is 23.1. The number of nitrogens with zero attached hydrogens (tertiary/aromatic N) is 1. The normalized spacial score (nSPS) is 14.2. The summed E-state index contributed by atoms with van der Waals surface area (Å²) >= 11 is 13.3. The highest BCUT2D eigenvalue weighted by atomic mass is 35.5. The zero-order valence-corrected chi connectivity index (χ0v) is 25.5. The molecule has 3 aromatic carbocycles. The Kier molecular flexibility index (Phi) is 10.0. The third-order valence-corrected chi connectivity index (χ3v) is 7.92. The van der Waals surface area contributed by atoms with Crippen LogP contribution in [-0.4, -0.2) is 41.7 Å². The Morgan fingerprint density at radius 3 is 2.46 bits per heavy atom. The molecular formula is C31H30Cl2N2O5S. The largest absolute Gasteiger partial charge is 0.491 e. The summed E-state index contributed by atoms with van der Waals surface area (Å²) in [4.78, 5) is 39.3. The predicted octanol–water partition coefficient (Wildman–Crippen LogP) is 7.87. The monoisotopic (exact) mass is 612 g/mol. The lowest BCUT2D eigenvalue weighted by Crippen LogP contribution is -2.32. The average molecular weight is 614 g/mol. The summed E-state index contributed by atoms with van der Waals surface area (Å²) in [5.41, 5.74) is 4.23. The van der Waals surface area contributed by atoms with Gasteiger partial charge < -0.3 is 14.8 Å². The molecule has 1 aliphatic rings. The summed E-state index contributed by atoms with van der Waals surface area (Å²) in [6.07, 6.45) is 1.60. The molecule has 0 spiro atoms. The molecule has 0 bridgehead atoms. The van der Waals surface area contributed by atoms with E-state index in [4.69, 9.17) is 32.7 Å². The first kappa shape index (κ1) is 30.5. The molecule has 0 radical (unpaired) electrons. The summed E-state index contributed by atoms with van der Waals surface area (Å²) < 4.78 is 11.5. The first-order valence-electron chi connectivity index (χ1n) is 13.0. The molecule has 214 valence electrons. The SMILES string of the molecule is Cc1ccc(C(C)C)c(OCCN2C(=O)S/C(=C\c3ccc(OCC(=O)Nc4ccc(C)c(Cl)c4)c(Cl)c3)C2=O)c1. The first-order chi connectivity index (χ1) is 19.5. The standard InChI is InChI=1S/C31H30Cl2N2O5S/c1-18(2)23-9-5-19(3)13-27(23)39-12-11-35-30(37)28(41-31(35)38)15-21-7-10-26(25(33)14-21)40-17-29(36)34-22-8-6-20(4)24(32)16-22/h5-10,13-16,18H,11-12,17H2,1-4H3,(H,34,36)/b28-15-. The van der Waals surface area contributed by atoms with Crippen molar-refractivity contribution < 1.29 is 23.9 Å². The molecule has 1 saturated heterocycles. The Bertz CT molecular complexity index is 1520. The minimum Gasteiger partial charge on any atom is -0.491 e. The number of benzene rings is 3. The second kappa shape index (κ2) is 13.5. The van der Waals surface area contributed by atoms with E-state index in [9.17, 15) is 14.4 Å². The van der Waals surface area contributed by atoms with Gasteiger partial charge in [0.1, 0.15) is 18.1 Å². The number of carbonyl (C=O) groups is 3. The fourth-order valence-electron chi connectivity index (χ4n) is 4.07. The maximum atomic E-state index is 13.0. The number of imide groups is 1. The Hall–Kier alpha value is -3.46. The van der Waals surface area contributed by atoms with Crippen LogP contribution < -0.4 is 14.8 Å². The topological polar surface area (TPSA) is 84.9 Å². The van der Waals surface area contributed by atoms with Crippen molar-refractivity contribution in [2.24, 2.45) is 0 Å². The van der Waals surface area contributed by atoms with Crippen molar-refractivity contribution in [3.63, 3.8) is 0 Å². The van der Waals surface area contributed by atoms with E-state index in [2.05, 4.69) is 19.2 Å². The van der Waals surface area contributed by atoms with Crippen LogP contribution in [0.25, 0.3) is 6.08 Å². The summed E-state index contributed by atoms with van der Waals surface area (Å²) in [5.74, 6) is 0.594. The second-order valence-electron chi connectivity index (χ2n) is 9.87. The highest BCUT2D eigenvalue weighted by molar-refractivity contribution is 8.18. The van der Waals surface area contributed by atoms with Gasteiger partial charge in [0.05, 0.1) is 16.5 Å². The maximum absolute atomic E-state index is 13.0. The van der Waals surface area contributed by atoms with Crippen molar-refractivity contribution >= 4 is 63.8 Å². The average Bonchev–Trinajstić information content (AvgIpc) is 3.17. The summed E-state index contributed by atoms with van der Waals surface area (Å²) in [5, 5.41) is 3.18. The number of carbonyl (C=O) groups excluding carboxylic acids is 3. The van der Waals surface area contributed by atoms with Gasteiger partial charge in [-0.1, -0.05) is 61.3 Å². The van der Waals surface area contributed by atoms with E-state index in [1.165, 1.54) is 4.90 Å². The quantitative estimate of drug-likeness (QED) is 0.234. The highest BCUT2D eigenvalue weighted by Gasteiger charge is 2.35. The molecule has 0 unspecified atom stereocenters. The van der Waals surface area contributed by atoms with Gasteiger partial charge in [0.25, 0.3) is 17.1 Å². The summed E-state index contributed by atoms with van der Waals surface area (Å²) in [7, 11) is 0. The third kappa shape index (κ3) is 7.85. The van der Waals surface area contributed by atoms with Crippen LogP contribution >= 0.6 is 35.0 Å². The van der Waals surface area contributed by atoms with Gasteiger partial charge in [-0.25, -0.2) is 0 Å². The van der Waals surface area contributed by atoms with Gasteiger partial charge in [0, 0.05) is 10.7 Å². The van der Waals surface area contributed by atoms with Gasteiger partial charge in [-0.15, -0.1) is 0 Å². The Morgan fingerprint density at radius 1 is 0.976 bits per heavy atom. The van der Waals surface area contributed by atoms with E-state index in [1.807, 2.05) is 38.1 Å². The smallest absolute Gasteiger partial charge is 0.293 e. The number of thioether (sulfide) groups is 1. The maximum Gasteiger partial charge on any atom is 0.293 e. The van der Waals surface area contributed by atoms with E-state index in [-0.39, 0.29) is 52.7 Å². The van der Waals surface area contributed by atoms with Crippen molar-refractivity contribution in [3.05, 3.63) is 91.8 Å². The van der Waals surface area contributed by atoms with E-state index in [1.54, 1.807) is 36.4 Å². The molecular weight excluding hydrogens is 583 g/mol. The number of rotatable bonds is 10. The van der Waals surface area contributed by atoms with Crippen LogP contribution in [-0.2, 0) is 9.59 Å². The fourth-order valence-corrected chi connectivity index (χ4v) is 5.36. The molecule has 4 rings (SSSR count). The van der Waals surface area contributed by atoms with Crippen LogP contribution in [0.5, 0.6) is 11.5 Å². The summed E-state index contributed by atoms with van der Waals surface area (Å²) in [6.45, 7) is 8.11. The lowest BCUT2D eigenvalue weighted by atomic mass is 10.0. The molecule has 1 aliphatic heterocycles. The van der Waals surface area contributed by atoms with Gasteiger partial charge in [-0.3, -0.25) is 19.3 Å². The molecule has 3 aromatic rings. The van der Waals surface area contributed by atoms with E-state index >= 15 is 0 Å². The summed E-state index contributed by atoms with van der Waals surface area (Å²) in [6, 6.07) is 16.2. The van der Waals surface area contributed by atoms with E-state index in [0.29, 0.717) is 22.0 Å². The molecule has 7 nitrogen and oxygen atoms in total. The molecule has 0 saturated carbocycles. The van der Waals surface area contributed by atoms with E-state index < -0.39 is 0 Å². The zero-order chi connectivity index (χ0) is 29.7. The molecule has 10 heteroatoms. The fraction of sp³-hybridized carbons (Fsp3) is 0.258. The third-order valence-electron chi connectivity index (χ3n) is 6.31. The van der Waals surface area contributed by atoms with Gasteiger partial charge in [0.15, 0.2) is 6.61 Å². The van der Waals surface area contributed by atoms with Crippen LogP contribution in [0.2, 0.25) is 10.0 Å². The number of anilines is 1. The first-order valence-corrected chi connectivity index (χ1v) is 14.6. The number of amides is 3. The lowest BCUT2D eigenvalue weighted by Gasteiger charge is -2.17. The lowest BCUT2D eigenvalue weighted by molar-refractivity contribution is -0.123. The molecule has 1 N–H and O–H groups in total. The van der Waals surface area contributed by atoms with Crippen LogP contribution in [0, 0.1) is 13.8 Å². The number of nitrogens with one attached hydrogen (secondary N) is 1. The molecule has 41 heavy (non-hydrogen) atoms. The van der Waals surface area contributed by atoms with Crippen LogP contribution in [0.3, 0.4) is 0 Å². The number of halogens is 2. The Balaban J connectivity index is 1.33. The van der Waals surface area contributed by atoms with Crippen molar-refractivity contribution in [2.75, 3.05) is 25.1 Å². The molecule has 0 aliphatic carbocycles. The molecule has 0 aromatic heterocycles. The second-order valence-corrected chi connectivity index (χ2v) is 11.7. The minimum atomic E-state index is -0.388. The molecule has 1 heterocycles. The van der Waals surface area contributed by atoms with Crippen molar-refractivity contribution in [2.45, 2.75) is 33.6 Å². The van der Waals surface area contributed by atoms with Gasteiger partial charge >= 0.3 is 0 Å². The number of ether oxygens (including phenoxy) is 2. The van der Waals surface area contributed by atoms with Gasteiger partial charge in [-0.05, 0) is 90.2 Å². The van der Waals surface area contributed by atoms with Crippen LogP contribution in [0.4, 0.5) is 10.5 Å². The Morgan fingerprint density at radius 2 is 1.76 bits per heavy atom.